The summed E-state index contributed by atoms with van der Waals surface area (Å²) >= 11 is 0. The highest BCUT2D eigenvalue weighted by atomic mass is 16.5. The minimum absolute atomic E-state index is 0.197. The Hall–Kier alpha value is -3.22. The minimum atomic E-state index is -0.283. The molecular formula is C26H28N4O2. The Labute approximate surface area is 188 Å². The molecule has 1 N–H and O–H groups in total. The minimum Gasteiger partial charge on any atom is -0.487 e. The van der Waals surface area contributed by atoms with E-state index in [1.807, 2.05) is 54.6 Å². The van der Waals surface area contributed by atoms with Crippen molar-refractivity contribution in [3.05, 3.63) is 90.0 Å². The molecule has 0 aliphatic carbocycles. The summed E-state index contributed by atoms with van der Waals surface area (Å²) in [5.41, 5.74) is 3.89. The van der Waals surface area contributed by atoms with Gasteiger partial charge in [-0.25, -0.2) is 4.98 Å². The van der Waals surface area contributed by atoms with Crippen molar-refractivity contribution < 1.29 is 9.47 Å². The fourth-order valence-corrected chi connectivity index (χ4v) is 4.12. The second kappa shape index (κ2) is 9.51. The fraction of sp³-hybridized carbons (Fsp3) is 0.308. The average Bonchev–Trinajstić information content (AvgIpc) is 3.27. The van der Waals surface area contributed by atoms with Crippen LogP contribution in [-0.2, 0) is 11.3 Å². The SMILES string of the molecule is CN1CCC(OC(c2cccc(OCc3ccccn3)c2)c2nc3ccccc3[nH]2)CC1. The molecule has 0 radical (unpaired) electrons. The van der Waals surface area contributed by atoms with Crippen LogP contribution in [0.1, 0.15) is 36.0 Å². The number of para-hydroxylation sites is 2. The Balaban J connectivity index is 1.41. The molecule has 5 rings (SSSR count). The molecule has 2 aromatic heterocycles. The number of fused-ring (bicyclic) bond motifs is 1. The lowest BCUT2D eigenvalue weighted by molar-refractivity contribution is -0.0265. The van der Waals surface area contributed by atoms with E-state index in [1.165, 1.54) is 0 Å². The number of hydrogen-bond acceptors (Lipinski definition) is 5. The number of hydrogen-bond donors (Lipinski definition) is 1. The highest BCUT2D eigenvalue weighted by molar-refractivity contribution is 5.74. The van der Waals surface area contributed by atoms with Crippen molar-refractivity contribution in [2.24, 2.45) is 0 Å². The number of rotatable bonds is 7. The number of imidazole rings is 1. The number of aromatic amines is 1. The van der Waals surface area contributed by atoms with Gasteiger partial charge in [0, 0.05) is 19.3 Å². The zero-order chi connectivity index (χ0) is 21.8. The first-order chi connectivity index (χ1) is 15.7. The Morgan fingerprint density at radius 1 is 1.03 bits per heavy atom. The van der Waals surface area contributed by atoms with Crippen LogP contribution in [-0.4, -0.2) is 46.1 Å². The van der Waals surface area contributed by atoms with Crippen LogP contribution in [0, 0.1) is 0 Å². The van der Waals surface area contributed by atoms with Crippen LogP contribution < -0.4 is 4.74 Å². The Bertz CT molecular complexity index is 1120. The average molecular weight is 429 g/mol. The van der Waals surface area contributed by atoms with Gasteiger partial charge in [0.15, 0.2) is 0 Å². The summed E-state index contributed by atoms with van der Waals surface area (Å²) < 4.78 is 12.7. The van der Waals surface area contributed by atoms with E-state index in [0.29, 0.717) is 6.61 Å². The molecule has 2 aromatic carbocycles. The molecule has 0 amide bonds. The normalized spacial score (nSPS) is 16.3. The number of pyridine rings is 1. The molecule has 1 saturated heterocycles. The molecule has 6 nitrogen and oxygen atoms in total. The van der Waals surface area contributed by atoms with Crippen LogP contribution >= 0.6 is 0 Å². The molecule has 4 aromatic rings. The first-order valence-electron chi connectivity index (χ1n) is 11.2. The number of nitrogens with one attached hydrogen (secondary N) is 1. The van der Waals surface area contributed by atoms with E-state index in [4.69, 9.17) is 14.5 Å². The number of nitrogens with zero attached hydrogens (tertiary/aromatic N) is 3. The maximum Gasteiger partial charge on any atom is 0.141 e. The number of benzene rings is 2. The Kier molecular flexibility index (Phi) is 6.14. The highest BCUT2D eigenvalue weighted by Crippen LogP contribution is 2.31. The van der Waals surface area contributed by atoms with E-state index >= 15 is 0 Å². The lowest BCUT2D eigenvalue weighted by Gasteiger charge is -2.31. The summed E-state index contributed by atoms with van der Waals surface area (Å²) in [5.74, 6) is 1.62. The van der Waals surface area contributed by atoms with Crippen molar-refractivity contribution in [2.45, 2.75) is 31.7 Å². The smallest absolute Gasteiger partial charge is 0.141 e. The van der Waals surface area contributed by atoms with E-state index in [0.717, 1.165) is 59.8 Å². The van der Waals surface area contributed by atoms with Crippen molar-refractivity contribution in [1.82, 2.24) is 19.9 Å². The first kappa shape index (κ1) is 20.7. The summed E-state index contributed by atoms with van der Waals surface area (Å²) in [4.78, 5) is 15.0. The zero-order valence-electron chi connectivity index (χ0n) is 18.3. The highest BCUT2D eigenvalue weighted by Gasteiger charge is 2.26. The molecule has 1 atom stereocenters. The number of H-pyrrole nitrogens is 1. The van der Waals surface area contributed by atoms with Crippen molar-refractivity contribution in [3.63, 3.8) is 0 Å². The van der Waals surface area contributed by atoms with Crippen molar-refractivity contribution in [2.75, 3.05) is 20.1 Å². The maximum absolute atomic E-state index is 6.67. The van der Waals surface area contributed by atoms with E-state index in [-0.39, 0.29) is 12.2 Å². The van der Waals surface area contributed by atoms with E-state index in [9.17, 15) is 0 Å². The molecule has 0 bridgehead atoms. The number of likely N-dealkylation sites (tertiary alicyclic amines) is 1. The summed E-state index contributed by atoms with van der Waals surface area (Å²) in [6, 6.07) is 22.0. The topological polar surface area (TPSA) is 63.3 Å². The van der Waals surface area contributed by atoms with Gasteiger partial charge in [0.25, 0.3) is 0 Å². The lowest BCUT2D eigenvalue weighted by atomic mass is 10.1. The second-order valence-electron chi connectivity index (χ2n) is 8.34. The standard InChI is InChI=1S/C26H28N4O2/c1-30-15-12-21(13-16-30)32-25(26-28-23-10-2-3-11-24(23)29-26)19-7-6-9-22(17-19)31-18-20-8-4-5-14-27-20/h2-11,14,17,21,25H,12-13,15-16,18H2,1H3,(H,28,29). The monoisotopic (exact) mass is 428 g/mol. The van der Waals surface area contributed by atoms with Gasteiger partial charge in [0.1, 0.15) is 24.3 Å². The molecule has 3 heterocycles. The number of piperidine rings is 1. The van der Waals surface area contributed by atoms with Crippen LogP contribution in [0.15, 0.2) is 72.9 Å². The third kappa shape index (κ3) is 4.82. The molecule has 6 heteroatoms. The zero-order valence-corrected chi connectivity index (χ0v) is 18.3. The predicted molar refractivity (Wildman–Crippen MR) is 125 cm³/mol. The van der Waals surface area contributed by atoms with Crippen molar-refractivity contribution in [3.8, 4) is 5.75 Å². The lowest BCUT2D eigenvalue weighted by Crippen LogP contribution is -2.35. The van der Waals surface area contributed by atoms with Gasteiger partial charge < -0.3 is 19.4 Å². The molecule has 0 saturated carbocycles. The molecular weight excluding hydrogens is 400 g/mol. The molecule has 164 valence electrons. The van der Waals surface area contributed by atoms with Gasteiger partial charge >= 0.3 is 0 Å². The Morgan fingerprint density at radius 2 is 1.88 bits per heavy atom. The van der Waals surface area contributed by atoms with Gasteiger partial charge in [-0.05, 0) is 61.9 Å². The van der Waals surface area contributed by atoms with Crippen molar-refractivity contribution >= 4 is 11.0 Å². The predicted octanol–water partition coefficient (Wildman–Crippen LogP) is 4.74. The number of ether oxygens (including phenoxy) is 2. The van der Waals surface area contributed by atoms with Gasteiger partial charge in [0.05, 0.1) is 22.8 Å². The van der Waals surface area contributed by atoms with Crippen LogP contribution in [0.25, 0.3) is 11.0 Å². The molecule has 1 aliphatic rings. The van der Waals surface area contributed by atoms with Gasteiger partial charge in [0.2, 0.25) is 0 Å². The molecule has 32 heavy (non-hydrogen) atoms. The van der Waals surface area contributed by atoms with E-state index in [1.54, 1.807) is 6.20 Å². The van der Waals surface area contributed by atoms with Gasteiger partial charge in [-0.3, -0.25) is 4.98 Å². The molecule has 1 unspecified atom stereocenters. The van der Waals surface area contributed by atoms with Crippen LogP contribution in [0.2, 0.25) is 0 Å². The second-order valence-corrected chi connectivity index (χ2v) is 8.34. The molecule has 1 fully saturated rings. The number of aromatic nitrogens is 3. The molecule has 1 aliphatic heterocycles. The first-order valence-corrected chi connectivity index (χ1v) is 11.2. The fourth-order valence-electron chi connectivity index (χ4n) is 4.12. The third-order valence-corrected chi connectivity index (χ3v) is 5.92. The van der Waals surface area contributed by atoms with Gasteiger partial charge in [-0.1, -0.05) is 30.3 Å². The summed E-state index contributed by atoms with van der Waals surface area (Å²) in [7, 11) is 2.16. The molecule has 0 spiro atoms. The van der Waals surface area contributed by atoms with Gasteiger partial charge in [-0.2, -0.15) is 0 Å². The van der Waals surface area contributed by atoms with Crippen molar-refractivity contribution in [1.29, 1.82) is 0 Å². The largest absolute Gasteiger partial charge is 0.487 e. The van der Waals surface area contributed by atoms with E-state index in [2.05, 4.69) is 34.0 Å². The van der Waals surface area contributed by atoms with Crippen LogP contribution in [0.5, 0.6) is 5.75 Å². The Morgan fingerprint density at radius 3 is 2.69 bits per heavy atom. The van der Waals surface area contributed by atoms with Gasteiger partial charge in [-0.15, -0.1) is 0 Å². The summed E-state index contributed by atoms with van der Waals surface area (Å²) in [6.45, 7) is 2.52. The van der Waals surface area contributed by atoms with E-state index < -0.39 is 0 Å². The third-order valence-electron chi connectivity index (χ3n) is 5.92. The summed E-state index contributed by atoms with van der Waals surface area (Å²) in [6.07, 6.45) is 3.73. The van der Waals surface area contributed by atoms with Crippen LogP contribution in [0.4, 0.5) is 0 Å². The quantitative estimate of drug-likeness (QED) is 0.461. The maximum atomic E-state index is 6.67. The summed E-state index contributed by atoms with van der Waals surface area (Å²) in [5, 5.41) is 0. The van der Waals surface area contributed by atoms with Crippen LogP contribution in [0.3, 0.4) is 0 Å².